The molecule has 3 N–H and O–H groups in total. The number of anilines is 1. The number of halogens is 1. The molecule has 0 spiro atoms. The molecular weight excluding hydrogens is 394 g/mol. The first-order valence-corrected chi connectivity index (χ1v) is 7.96. The molecule has 8 nitrogen and oxygen atoms in total. The summed E-state index contributed by atoms with van der Waals surface area (Å²) in [6.07, 6.45) is 0. The van der Waals surface area contributed by atoms with E-state index < -0.39 is 10.8 Å². The Morgan fingerprint density at radius 3 is 2.68 bits per heavy atom. The molecule has 0 aliphatic heterocycles. The summed E-state index contributed by atoms with van der Waals surface area (Å²) in [7, 11) is 1.48. The van der Waals surface area contributed by atoms with E-state index in [-0.39, 0.29) is 12.3 Å². The van der Waals surface area contributed by atoms with Crippen LogP contribution in [0.25, 0.3) is 0 Å². The standard InChI is InChI=1S/C16H16BrN3O5/c1-24-15-6-10(2-5-14(15)25-9-16(18)21)8-19-12-4-3-11(17)7-13(12)20(22)23/h2-7,19H,8-9H2,1H3,(H2,18,21). The smallest absolute Gasteiger partial charge is 0.293 e. The largest absolute Gasteiger partial charge is 0.493 e. The van der Waals surface area contributed by atoms with Gasteiger partial charge in [-0.15, -0.1) is 0 Å². The minimum Gasteiger partial charge on any atom is -0.493 e. The summed E-state index contributed by atoms with van der Waals surface area (Å²) >= 11 is 3.22. The number of nitro groups is 1. The zero-order chi connectivity index (χ0) is 18.4. The SMILES string of the molecule is COc1cc(CNc2ccc(Br)cc2[N+](=O)[O-])ccc1OCC(N)=O. The summed E-state index contributed by atoms with van der Waals surface area (Å²) in [6, 6.07) is 9.91. The molecule has 0 saturated heterocycles. The zero-order valence-corrected chi connectivity index (χ0v) is 14.9. The molecule has 2 aromatic carbocycles. The topological polar surface area (TPSA) is 117 Å². The highest BCUT2D eigenvalue weighted by atomic mass is 79.9. The maximum absolute atomic E-state index is 11.1. The van der Waals surface area contributed by atoms with Crippen molar-refractivity contribution >= 4 is 33.2 Å². The predicted molar refractivity (Wildman–Crippen MR) is 95.8 cm³/mol. The van der Waals surface area contributed by atoms with Gasteiger partial charge in [-0.2, -0.15) is 0 Å². The van der Waals surface area contributed by atoms with Gasteiger partial charge < -0.3 is 20.5 Å². The molecule has 0 radical (unpaired) electrons. The van der Waals surface area contributed by atoms with Crippen molar-refractivity contribution < 1.29 is 19.2 Å². The number of hydrogen-bond donors (Lipinski definition) is 2. The third kappa shape index (κ3) is 5.08. The third-order valence-corrected chi connectivity index (χ3v) is 3.73. The number of carbonyl (C=O) groups is 1. The molecule has 0 aromatic heterocycles. The van der Waals surface area contributed by atoms with Gasteiger partial charge in [0.2, 0.25) is 0 Å². The maximum Gasteiger partial charge on any atom is 0.293 e. The molecule has 0 atom stereocenters. The summed E-state index contributed by atoms with van der Waals surface area (Å²) in [5.41, 5.74) is 6.25. The lowest BCUT2D eigenvalue weighted by Crippen LogP contribution is -2.20. The fourth-order valence-corrected chi connectivity index (χ4v) is 2.44. The van der Waals surface area contributed by atoms with Gasteiger partial charge in [0.25, 0.3) is 11.6 Å². The Morgan fingerprint density at radius 2 is 2.04 bits per heavy atom. The first-order valence-electron chi connectivity index (χ1n) is 7.16. The molecule has 0 aliphatic rings. The second-order valence-electron chi connectivity index (χ2n) is 5.01. The number of carbonyl (C=O) groups excluding carboxylic acids is 1. The van der Waals surface area contributed by atoms with Crippen LogP contribution in [0.1, 0.15) is 5.56 Å². The third-order valence-electron chi connectivity index (χ3n) is 3.24. The lowest BCUT2D eigenvalue weighted by Gasteiger charge is -2.12. The van der Waals surface area contributed by atoms with Crippen LogP contribution in [0, 0.1) is 10.1 Å². The van der Waals surface area contributed by atoms with Crippen LogP contribution in [0.2, 0.25) is 0 Å². The maximum atomic E-state index is 11.1. The van der Waals surface area contributed by atoms with E-state index in [0.717, 1.165) is 5.56 Å². The second-order valence-corrected chi connectivity index (χ2v) is 5.93. The van der Waals surface area contributed by atoms with Gasteiger partial charge in [-0.25, -0.2) is 0 Å². The normalized spacial score (nSPS) is 10.2. The number of methoxy groups -OCH3 is 1. The number of rotatable bonds is 8. The number of benzene rings is 2. The summed E-state index contributed by atoms with van der Waals surface area (Å²) < 4.78 is 11.1. The van der Waals surface area contributed by atoms with Crippen LogP contribution in [-0.4, -0.2) is 24.5 Å². The van der Waals surface area contributed by atoms with Crippen LogP contribution in [0.15, 0.2) is 40.9 Å². The van der Waals surface area contributed by atoms with Crippen molar-refractivity contribution in [2.24, 2.45) is 5.73 Å². The molecule has 132 valence electrons. The van der Waals surface area contributed by atoms with E-state index in [4.69, 9.17) is 15.2 Å². The lowest BCUT2D eigenvalue weighted by atomic mass is 10.2. The Labute approximate surface area is 152 Å². The van der Waals surface area contributed by atoms with E-state index in [2.05, 4.69) is 21.2 Å². The van der Waals surface area contributed by atoms with Gasteiger partial charge in [0.15, 0.2) is 18.1 Å². The van der Waals surface area contributed by atoms with Gasteiger partial charge in [-0.05, 0) is 29.8 Å². The number of nitrogens with zero attached hydrogens (tertiary/aromatic N) is 1. The minimum atomic E-state index is -0.588. The first-order chi connectivity index (χ1) is 11.9. The highest BCUT2D eigenvalue weighted by Gasteiger charge is 2.14. The molecule has 0 aliphatic carbocycles. The van der Waals surface area contributed by atoms with Crippen molar-refractivity contribution in [1.82, 2.24) is 0 Å². The lowest BCUT2D eigenvalue weighted by molar-refractivity contribution is -0.384. The first kappa shape index (κ1) is 18.5. The molecule has 2 rings (SSSR count). The highest BCUT2D eigenvalue weighted by molar-refractivity contribution is 9.10. The Morgan fingerprint density at radius 1 is 1.28 bits per heavy atom. The highest BCUT2D eigenvalue weighted by Crippen LogP contribution is 2.30. The summed E-state index contributed by atoms with van der Waals surface area (Å²) in [4.78, 5) is 21.5. The van der Waals surface area contributed by atoms with Crippen molar-refractivity contribution in [1.29, 1.82) is 0 Å². The van der Waals surface area contributed by atoms with Crippen molar-refractivity contribution in [2.75, 3.05) is 19.0 Å². The zero-order valence-electron chi connectivity index (χ0n) is 13.3. The summed E-state index contributed by atoms with van der Waals surface area (Å²) in [6.45, 7) is 0.0912. The predicted octanol–water partition coefficient (Wildman–Crippen LogP) is 2.84. The van der Waals surface area contributed by atoms with Crippen LogP contribution in [0.3, 0.4) is 0 Å². The second kappa shape index (κ2) is 8.34. The number of nitrogens with one attached hydrogen (secondary N) is 1. The Bertz CT molecular complexity index is 797. The van der Waals surface area contributed by atoms with Crippen LogP contribution >= 0.6 is 15.9 Å². The average Bonchev–Trinajstić information content (AvgIpc) is 2.58. The van der Waals surface area contributed by atoms with E-state index in [1.165, 1.54) is 13.2 Å². The van der Waals surface area contributed by atoms with Gasteiger partial charge in [-0.1, -0.05) is 22.0 Å². The Hall–Kier alpha value is -2.81. The number of hydrogen-bond acceptors (Lipinski definition) is 6. The van der Waals surface area contributed by atoms with Gasteiger partial charge >= 0.3 is 0 Å². The fraction of sp³-hybridized carbons (Fsp3) is 0.188. The van der Waals surface area contributed by atoms with Crippen molar-refractivity contribution in [3.8, 4) is 11.5 Å². The van der Waals surface area contributed by atoms with E-state index >= 15 is 0 Å². The quantitative estimate of drug-likeness (QED) is 0.511. The summed E-state index contributed by atoms with van der Waals surface area (Å²) in [5, 5.41) is 14.2. The molecule has 0 heterocycles. The number of nitro benzene ring substituents is 1. The van der Waals surface area contributed by atoms with Crippen LogP contribution in [0.4, 0.5) is 11.4 Å². The van der Waals surface area contributed by atoms with Gasteiger partial charge in [-0.3, -0.25) is 14.9 Å². The van der Waals surface area contributed by atoms with Gasteiger partial charge in [0, 0.05) is 17.1 Å². The van der Waals surface area contributed by atoms with Crippen LogP contribution in [-0.2, 0) is 11.3 Å². The minimum absolute atomic E-state index is 0.0252. The van der Waals surface area contributed by atoms with E-state index in [1.807, 2.05) is 0 Å². The summed E-state index contributed by atoms with van der Waals surface area (Å²) in [5.74, 6) is 0.237. The molecule has 9 heteroatoms. The Kier molecular flexibility index (Phi) is 6.18. The molecular formula is C16H16BrN3O5. The monoisotopic (exact) mass is 409 g/mol. The average molecular weight is 410 g/mol. The molecule has 0 saturated carbocycles. The van der Waals surface area contributed by atoms with Crippen molar-refractivity contribution in [3.63, 3.8) is 0 Å². The molecule has 25 heavy (non-hydrogen) atoms. The van der Waals surface area contributed by atoms with Gasteiger partial charge in [0.1, 0.15) is 5.69 Å². The molecule has 0 unspecified atom stereocenters. The van der Waals surface area contributed by atoms with Crippen LogP contribution < -0.4 is 20.5 Å². The number of ether oxygens (including phenoxy) is 2. The van der Waals surface area contributed by atoms with E-state index in [0.29, 0.717) is 28.2 Å². The number of nitrogens with two attached hydrogens (primary N) is 1. The number of primary amides is 1. The van der Waals surface area contributed by atoms with E-state index in [1.54, 1.807) is 30.3 Å². The fourth-order valence-electron chi connectivity index (χ4n) is 2.09. The molecule has 2 aromatic rings. The van der Waals surface area contributed by atoms with E-state index in [9.17, 15) is 14.9 Å². The number of amides is 1. The van der Waals surface area contributed by atoms with Crippen molar-refractivity contribution in [3.05, 3.63) is 56.5 Å². The molecule has 1 amide bonds. The molecule has 0 bridgehead atoms. The molecule has 0 fully saturated rings. The Balaban J connectivity index is 2.13. The van der Waals surface area contributed by atoms with Crippen molar-refractivity contribution in [2.45, 2.75) is 6.54 Å². The van der Waals surface area contributed by atoms with Gasteiger partial charge in [0.05, 0.1) is 12.0 Å². The van der Waals surface area contributed by atoms with Crippen LogP contribution in [0.5, 0.6) is 11.5 Å².